The number of nitrogens with one attached hydrogen (secondary N) is 3. The number of rotatable bonds is 3. The topological polar surface area (TPSA) is 148 Å². The number of esters is 1. The number of hydrogen-bond donors (Lipinski definition) is 3. The van der Waals surface area contributed by atoms with Crippen LogP contribution in [0.3, 0.4) is 0 Å². The zero-order valence-electron chi connectivity index (χ0n) is 26.3. The highest BCUT2D eigenvalue weighted by Crippen LogP contribution is 2.25. The molecule has 3 amide bonds. The van der Waals surface area contributed by atoms with Gasteiger partial charge in [-0.2, -0.15) is 5.10 Å². The van der Waals surface area contributed by atoms with E-state index in [0.29, 0.717) is 25.1 Å². The zero-order valence-corrected chi connectivity index (χ0v) is 26.3. The second-order valence-corrected chi connectivity index (χ2v) is 12.6. The number of hydrazine groups is 1. The Morgan fingerprint density at radius 1 is 1.09 bits per heavy atom. The number of amides is 3. The van der Waals surface area contributed by atoms with Gasteiger partial charge in [0, 0.05) is 24.3 Å². The van der Waals surface area contributed by atoms with E-state index < -0.39 is 47.4 Å². The van der Waals surface area contributed by atoms with Gasteiger partial charge in [-0.1, -0.05) is 44.2 Å². The molecular weight excluding hydrogens is 574 g/mol. The van der Waals surface area contributed by atoms with Crippen LogP contribution in [0.1, 0.15) is 64.8 Å². The summed E-state index contributed by atoms with van der Waals surface area (Å²) in [6.45, 7) is 9.38. The third-order valence-corrected chi connectivity index (χ3v) is 8.24. The summed E-state index contributed by atoms with van der Waals surface area (Å²) >= 11 is 0. The van der Waals surface area contributed by atoms with Gasteiger partial charge in [0.2, 0.25) is 11.8 Å². The van der Waals surface area contributed by atoms with Crippen LogP contribution in [0.15, 0.2) is 54.9 Å². The molecule has 1 saturated heterocycles. The minimum atomic E-state index is -1.03. The number of pyridine rings is 1. The van der Waals surface area contributed by atoms with Crippen LogP contribution in [0.25, 0.3) is 17.0 Å². The molecule has 0 radical (unpaired) electrons. The molecule has 5 bridgehead atoms. The maximum Gasteiger partial charge on any atom is 0.325 e. The van der Waals surface area contributed by atoms with Gasteiger partial charge in [-0.25, -0.2) is 10.4 Å². The number of nitrogens with zero attached hydrogens (tertiary/aromatic N) is 4. The Bertz CT molecular complexity index is 1600. The quantitative estimate of drug-likeness (QED) is 0.381. The van der Waals surface area contributed by atoms with Crippen LogP contribution < -0.4 is 16.1 Å². The molecule has 1 fully saturated rings. The monoisotopic (exact) mass is 615 g/mol. The highest BCUT2D eigenvalue weighted by molar-refractivity contribution is 5.94. The minimum Gasteiger partial charge on any atom is -0.455 e. The van der Waals surface area contributed by atoms with Crippen molar-refractivity contribution in [2.24, 2.45) is 11.3 Å². The lowest BCUT2D eigenvalue weighted by Crippen LogP contribution is -2.62. The van der Waals surface area contributed by atoms with E-state index in [9.17, 15) is 19.2 Å². The van der Waals surface area contributed by atoms with Crippen LogP contribution in [0, 0.1) is 11.3 Å². The number of aromatic nitrogens is 3. The number of benzene rings is 1. The van der Waals surface area contributed by atoms with Crippen molar-refractivity contribution in [1.29, 1.82) is 0 Å². The first kappa shape index (κ1) is 31.8. The van der Waals surface area contributed by atoms with E-state index in [1.165, 1.54) is 5.01 Å². The lowest BCUT2D eigenvalue weighted by Gasteiger charge is -2.36. The molecule has 4 heterocycles. The van der Waals surface area contributed by atoms with Crippen LogP contribution in [-0.2, 0) is 30.5 Å². The van der Waals surface area contributed by atoms with Crippen LogP contribution in [0.4, 0.5) is 0 Å². The minimum absolute atomic E-state index is 0.0571. The van der Waals surface area contributed by atoms with Crippen molar-refractivity contribution in [2.45, 2.75) is 78.2 Å². The van der Waals surface area contributed by atoms with Crippen LogP contribution >= 0.6 is 0 Å². The van der Waals surface area contributed by atoms with Crippen LogP contribution in [0.5, 0.6) is 0 Å². The fraction of sp³-hybridized carbons (Fsp3) is 0.455. The number of hydrogen-bond acceptors (Lipinski definition) is 8. The molecular formula is C33H41N7O5. The van der Waals surface area contributed by atoms with E-state index in [0.717, 1.165) is 16.5 Å². The van der Waals surface area contributed by atoms with Crippen molar-refractivity contribution in [1.82, 2.24) is 35.8 Å². The standard InChI is InChI=1S/C33H41N7O5/c1-20(2)28-29(41)36-27(19-39-16-7-15-34-39)30(42)40-17-6-8-25(38-40)31(43)45-21(3)24-12-11-23-10-9-22(18-26(23)35-24)13-14-33(4,5)32(44)37-28/h7,9-16,18,20-21,25,27-28,38H,6,8,17,19H2,1-5H3,(H,36,41)(H,37,44). The maximum atomic E-state index is 13.9. The summed E-state index contributed by atoms with van der Waals surface area (Å²) in [5, 5.41) is 12.3. The Balaban J connectivity index is 1.51. The van der Waals surface area contributed by atoms with Gasteiger partial charge in [0.05, 0.1) is 23.2 Å². The molecule has 2 aromatic heterocycles. The number of ether oxygens (including phenoxy) is 1. The SMILES string of the molecule is CC1OC(=O)C2CCCN(N2)C(=O)C(Cn2cccn2)NC(=O)C(C(C)C)NC(=O)C(C)(C)C=Cc2ccc3ccc1nc3c2. The fourth-order valence-corrected chi connectivity index (χ4v) is 5.38. The molecule has 4 unspecified atom stereocenters. The third kappa shape index (κ3) is 7.39. The molecule has 0 spiro atoms. The summed E-state index contributed by atoms with van der Waals surface area (Å²) in [6, 6.07) is 8.58. The Hall–Kier alpha value is -4.58. The second-order valence-electron chi connectivity index (χ2n) is 12.6. The highest BCUT2D eigenvalue weighted by Gasteiger charge is 2.37. The van der Waals surface area contributed by atoms with E-state index in [2.05, 4.69) is 21.2 Å². The van der Waals surface area contributed by atoms with Gasteiger partial charge >= 0.3 is 5.97 Å². The number of carbonyl (C=O) groups excluding carboxylic acids is 4. The molecule has 2 aliphatic heterocycles. The fourth-order valence-electron chi connectivity index (χ4n) is 5.38. The molecule has 5 rings (SSSR count). The van der Waals surface area contributed by atoms with E-state index in [1.807, 2.05) is 50.3 Å². The Morgan fingerprint density at radius 3 is 2.60 bits per heavy atom. The molecule has 12 nitrogen and oxygen atoms in total. The molecule has 45 heavy (non-hydrogen) atoms. The van der Waals surface area contributed by atoms with E-state index >= 15 is 0 Å². The summed E-state index contributed by atoms with van der Waals surface area (Å²) in [5.41, 5.74) is 4.21. The van der Waals surface area contributed by atoms with Crippen LogP contribution in [0.2, 0.25) is 0 Å². The Morgan fingerprint density at radius 2 is 1.87 bits per heavy atom. The average molecular weight is 616 g/mol. The molecule has 1 aromatic carbocycles. The van der Waals surface area contributed by atoms with E-state index in [-0.39, 0.29) is 18.4 Å². The van der Waals surface area contributed by atoms with Gasteiger partial charge in [-0.3, -0.25) is 28.9 Å². The predicted octanol–water partition coefficient (Wildman–Crippen LogP) is 2.91. The third-order valence-electron chi connectivity index (χ3n) is 8.24. The van der Waals surface area contributed by atoms with Crippen molar-refractivity contribution >= 4 is 40.7 Å². The van der Waals surface area contributed by atoms with Gasteiger partial charge < -0.3 is 15.4 Å². The van der Waals surface area contributed by atoms with E-state index in [1.54, 1.807) is 50.0 Å². The zero-order chi connectivity index (χ0) is 32.3. The first-order valence-corrected chi connectivity index (χ1v) is 15.4. The second kappa shape index (κ2) is 13.2. The lowest BCUT2D eigenvalue weighted by molar-refractivity contribution is -0.157. The predicted molar refractivity (Wildman–Crippen MR) is 168 cm³/mol. The van der Waals surface area contributed by atoms with Crippen molar-refractivity contribution < 1.29 is 23.9 Å². The van der Waals surface area contributed by atoms with Crippen molar-refractivity contribution in [3.05, 3.63) is 66.1 Å². The Labute approximate surface area is 262 Å². The van der Waals surface area contributed by atoms with Gasteiger partial charge in [-0.15, -0.1) is 0 Å². The summed E-state index contributed by atoms with van der Waals surface area (Å²) in [6.07, 6.45) is 7.32. The number of cyclic esters (lactones) is 1. The molecule has 0 aliphatic carbocycles. The lowest BCUT2D eigenvalue weighted by atomic mass is 9.89. The molecule has 12 heteroatoms. The molecule has 2 aliphatic rings. The van der Waals surface area contributed by atoms with Crippen LogP contribution in [-0.4, -0.2) is 68.1 Å². The summed E-state index contributed by atoms with van der Waals surface area (Å²) in [7, 11) is 0. The van der Waals surface area contributed by atoms with Gasteiger partial charge in [-0.05, 0) is 63.3 Å². The van der Waals surface area contributed by atoms with Crippen molar-refractivity contribution in [2.75, 3.05) is 6.54 Å². The molecule has 3 aromatic rings. The van der Waals surface area contributed by atoms with Gasteiger partial charge in [0.15, 0.2) is 0 Å². The van der Waals surface area contributed by atoms with Crippen molar-refractivity contribution in [3.63, 3.8) is 0 Å². The van der Waals surface area contributed by atoms with Gasteiger partial charge in [0.25, 0.3) is 5.91 Å². The largest absolute Gasteiger partial charge is 0.455 e. The number of carbonyl (C=O) groups is 4. The summed E-state index contributed by atoms with van der Waals surface area (Å²) in [5.74, 6) is -2.03. The maximum absolute atomic E-state index is 13.9. The normalized spacial score (nSPS) is 24.8. The first-order valence-electron chi connectivity index (χ1n) is 15.4. The Kier molecular flexibility index (Phi) is 9.33. The van der Waals surface area contributed by atoms with Crippen molar-refractivity contribution in [3.8, 4) is 0 Å². The van der Waals surface area contributed by atoms with Gasteiger partial charge in [0.1, 0.15) is 24.2 Å². The smallest absolute Gasteiger partial charge is 0.325 e. The summed E-state index contributed by atoms with van der Waals surface area (Å²) < 4.78 is 7.37. The average Bonchev–Trinajstić information content (AvgIpc) is 3.54. The molecule has 4 atom stereocenters. The first-order chi connectivity index (χ1) is 21.4. The van der Waals surface area contributed by atoms with E-state index in [4.69, 9.17) is 9.72 Å². The highest BCUT2D eigenvalue weighted by atomic mass is 16.5. The molecule has 238 valence electrons. The summed E-state index contributed by atoms with van der Waals surface area (Å²) in [4.78, 5) is 59.2. The molecule has 3 N–H and O–H groups in total. The number of fused-ring (bicyclic) bond motifs is 4. The molecule has 0 saturated carbocycles.